The monoisotopic (exact) mass is 540 g/mol. The molecule has 3 aromatic rings. The first kappa shape index (κ1) is 26.9. The van der Waals surface area contributed by atoms with Gasteiger partial charge in [0.1, 0.15) is 12.3 Å². The smallest absolute Gasteiger partial charge is 0.246 e. The normalized spacial score (nSPS) is 21.2. The second kappa shape index (κ2) is 12.0. The van der Waals surface area contributed by atoms with Crippen LogP contribution in [0, 0.1) is 0 Å². The van der Waals surface area contributed by atoms with E-state index in [0.717, 1.165) is 58.7 Å². The quantitative estimate of drug-likeness (QED) is 0.431. The number of fused-ring (bicyclic) bond motifs is 3. The molecular weight excluding hydrogens is 508 g/mol. The Balaban J connectivity index is 1.48. The van der Waals surface area contributed by atoms with Crippen molar-refractivity contribution in [3.05, 3.63) is 95.6 Å². The highest BCUT2D eigenvalue weighted by atomic mass is 32.2. The second-order valence-electron chi connectivity index (χ2n) is 10.2. The van der Waals surface area contributed by atoms with Gasteiger partial charge in [-0.1, -0.05) is 84.6 Å². The van der Waals surface area contributed by atoms with Crippen LogP contribution in [0.5, 0.6) is 0 Å². The minimum atomic E-state index is -0.824. The Kier molecular flexibility index (Phi) is 8.27. The number of thioether (sulfide) groups is 1. The number of benzene rings is 3. The molecule has 39 heavy (non-hydrogen) atoms. The zero-order valence-electron chi connectivity index (χ0n) is 21.9. The molecule has 200 valence electrons. The summed E-state index contributed by atoms with van der Waals surface area (Å²) >= 11 is 0.979. The Labute approximate surface area is 233 Å². The lowest BCUT2D eigenvalue weighted by atomic mass is 9.87. The van der Waals surface area contributed by atoms with Crippen molar-refractivity contribution in [3.8, 4) is 11.1 Å². The van der Waals surface area contributed by atoms with E-state index in [4.69, 9.17) is 0 Å². The predicted molar refractivity (Wildman–Crippen MR) is 153 cm³/mol. The number of aldehydes is 1. The summed E-state index contributed by atoms with van der Waals surface area (Å²) in [6, 6.07) is 24.3. The van der Waals surface area contributed by atoms with Crippen molar-refractivity contribution >= 4 is 35.0 Å². The van der Waals surface area contributed by atoms with Gasteiger partial charge in [0, 0.05) is 13.3 Å². The largest absolute Gasteiger partial charge is 0.343 e. The van der Waals surface area contributed by atoms with Crippen LogP contribution in [0.25, 0.3) is 11.1 Å². The van der Waals surface area contributed by atoms with Gasteiger partial charge in [-0.05, 0) is 59.6 Å². The summed E-state index contributed by atoms with van der Waals surface area (Å²) in [7, 11) is 0. The lowest BCUT2D eigenvalue weighted by molar-refractivity contribution is -0.144. The van der Waals surface area contributed by atoms with E-state index >= 15 is 0 Å². The number of carbonyl (C=O) groups excluding carboxylic acids is 4. The summed E-state index contributed by atoms with van der Waals surface area (Å²) in [5.41, 5.74) is 5.10. The average Bonchev–Trinajstić information content (AvgIpc) is 3.07. The van der Waals surface area contributed by atoms with Gasteiger partial charge in [0.05, 0.1) is 17.3 Å². The Morgan fingerprint density at radius 1 is 1.00 bits per heavy atom. The van der Waals surface area contributed by atoms with Gasteiger partial charge in [0.25, 0.3) is 0 Å². The average molecular weight is 541 g/mol. The highest BCUT2D eigenvalue weighted by Crippen LogP contribution is 2.40. The van der Waals surface area contributed by atoms with E-state index in [9.17, 15) is 19.2 Å². The first-order valence-electron chi connectivity index (χ1n) is 13.4. The van der Waals surface area contributed by atoms with E-state index in [1.807, 2.05) is 54.6 Å². The van der Waals surface area contributed by atoms with Crippen molar-refractivity contribution < 1.29 is 19.2 Å². The van der Waals surface area contributed by atoms with Crippen LogP contribution < -0.4 is 5.32 Å². The van der Waals surface area contributed by atoms with E-state index in [1.54, 1.807) is 4.90 Å². The number of amides is 2. The van der Waals surface area contributed by atoms with Crippen LogP contribution in [0.2, 0.25) is 0 Å². The molecule has 7 heteroatoms. The van der Waals surface area contributed by atoms with Gasteiger partial charge in [0.15, 0.2) is 5.12 Å². The molecule has 2 heterocycles. The summed E-state index contributed by atoms with van der Waals surface area (Å²) in [4.78, 5) is 53.4. The minimum absolute atomic E-state index is 0.158. The second-order valence-corrected chi connectivity index (χ2v) is 11.6. The van der Waals surface area contributed by atoms with Gasteiger partial charge < -0.3 is 15.0 Å². The molecule has 2 aliphatic rings. The van der Waals surface area contributed by atoms with Gasteiger partial charge in [-0.2, -0.15) is 0 Å². The van der Waals surface area contributed by atoms with Crippen molar-refractivity contribution in [1.29, 1.82) is 0 Å². The standard InChI is InChI=1S/C32H32N2O4S/c1-21(36)39-30(17-22-9-4-2-5-10-22)31(37)33-28-19-25-16-15-24(23-11-6-3-7-12-23)18-27(25)29-14-8-13-26(20-35)34(29)32(28)38/h2-7,9-12,15-16,18,20,26,28-30H,8,13-14,17,19H2,1H3,(H,33,37)/t26?,28-,29?,30?/m0/s1. The van der Waals surface area contributed by atoms with Crippen LogP contribution in [0.1, 0.15) is 48.9 Å². The third-order valence-electron chi connectivity index (χ3n) is 7.60. The predicted octanol–water partition coefficient (Wildman–Crippen LogP) is 4.91. The zero-order chi connectivity index (χ0) is 27.4. The molecule has 0 aromatic heterocycles. The fraction of sp³-hybridized carbons (Fsp3) is 0.312. The van der Waals surface area contributed by atoms with Crippen molar-refractivity contribution in [1.82, 2.24) is 10.2 Å². The maximum atomic E-state index is 14.0. The van der Waals surface area contributed by atoms with Gasteiger partial charge in [0.2, 0.25) is 11.8 Å². The van der Waals surface area contributed by atoms with E-state index in [-0.39, 0.29) is 23.0 Å². The molecule has 4 atom stereocenters. The third-order valence-corrected chi connectivity index (χ3v) is 8.59. The Morgan fingerprint density at radius 2 is 1.72 bits per heavy atom. The fourth-order valence-electron chi connectivity index (χ4n) is 5.77. The molecule has 1 saturated heterocycles. The summed E-state index contributed by atoms with van der Waals surface area (Å²) in [6.45, 7) is 1.44. The van der Waals surface area contributed by atoms with E-state index < -0.39 is 17.3 Å². The number of piperidine rings is 1. The number of hydrogen-bond donors (Lipinski definition) is 1. The highest BCUT2D eigenvalue weighted by Gasteiger charge is 2.42. The highest BCUT2D eigenvalue weighted by molar-refractivity contribution is 8.14. The maximum Gasteiger partial charge on any atom is 0.246 e. The number of rotatable bonds is 7. The topological polar surface area (TPSA) is 83.6 Å². The molecule has 5 rings (SSSR count). The molecule has 3 unspecified atom stereocenters. The van der Waals surface area contributed by atoms with E-state index in [1.165, 1.54) is 6.92 Å². The van der Waals surface area contributed by atoms with Crippen LogP contribution >= 0.6 is 11.8 Å². The summed E-state index contributed by atoms with van der Waals surface area (Å²) in [5, 5.41) is 2.16. The van der Waals surface area contributed by atoms with E-state index in [0.29, 0.717) is 19.3 Å². The molecule has 2 amide bonds. The molecule has 6 nitrogen and oxygen atoms in total. The molecule has 1 N–H and O–H groups in total. The first-order chi connectivity index (χ1) is 18.9. The molecular formula is C32H32N2O4S. The number of nitrogens with one attached hydrogen (secondary N) is 1. The summed E-state index contributed by atoms with van der Waals surface area (Å²) < 4.78 is 0. The van der Waals surface area contributed by atoms with Crippen molar-refractivity contribution in [3.63, 3.8) is 0 Å². The molecule has 2 aliphatic heterocycles. The van der Waals surface area contributed by atoms with Crippen molar-refractivity contribution in [2.24, 2.45) is 0 Å². The number of nitrogens with zero attached hydrogens (tertiary/aromatic N) is 1. The SMILES string of the molecule is CC(=O)SC(Cc1ccccc1)C(=O)N[C@H]1Cc2ccc(-c3ccccc3)cc2C2CCCC(C=O)N2C1=O. The molecule has 0 spiro atoms. The summed E-state index contributed by atoms with van der Waals surface area (Å²) in [6.07, 6.45) is 3.78. The lowest BCUT2D eigenvalue weighted by Gasteiger charge is -2.40. The molecule has 0 saturated carbocycles. The lowest BCUT2D eigenvalue weighted by Crippen LogP contribution is -2.55. The van der Waals surface area contributed by atoms with Crippen molar-refractivity contribution in [2.45, 2.75) is 62.4 Å². The number of carbonyl (C=O) groups is 4. The minimum Gasteiger partial charge on any atom is -0.343 e. The van der Waals surface area contributed by atoms with Crippen LogP contribution in [-0.2, 0) is 32.0 Å². The Morgan fingerprint density at radius 3 is 2.41 bits per heavy atom. The van der Waals surface area contributed by atoms with Gasteiger partial charge in [-0.3, -0.25) is 14.4 Å². The van der Waals surface area contributed by atoms with Crippen LogP contribution in [0.4, 0.5) is 0 Å². The molecule has 0 aliphatic carbocycles. The van der Waals surface area contributed by atoms with Gasteiger partial charge >= 0.3 is 0 Å². The molecule has 3 aromatic carbocycles. The van der Waals surface area contributed by atoms with Gasteiger partial charge in [-0.25, -0.2) is 0 Å². The molecule has 0 bridgehead atoms. The van der Waals surface area contributed by atoms with Crippen molar-refractivity contribution in [2.75, 3.05) is 0 Å². The molecule has 1 fully saturated rings. The summed E-state index contributed by atoms with van der Waals surface area (Å²) in [5.74, 6) is -0.591. The zero-order valence-corrected chi connectivity index (χ0v) is 22.7. The molecule has 0 radical (unpaired) electrons. The Bertz CT molecular complexity index is 1360. The Hall–Kier alpha value is -3.71. The fourth-order valence-corrected chi connectivity index (χ4v) is 6.62. The van der Waals surface area contributed by atoms with Crippen LogP contribution in [0.3, 0.4) is 0 Å². The van der Waals surface area contributed by atoms with Crippen LogP contribution in [-0.4, -0.2) is 45.4 Å². The van der Waals surface area contributed by atoms with Gasteiger partial charge in [-0.15, -0.1) is 0 Å². The maximum absolute atomic E-state index is 14.0. The van der Waals surface area contributed by atoms with E-state index in [2.05, 4.69) is 29.6 Å². The number of hydrogen-bond acceptors (Lipinski definition) is 5. The third kappa shape index (κ3) is 5.98. The first-order valence-corrected chi connectivity index (χ1v) is 14.3. The van der Waals surface area contributed by atoms with Crippen LogP contribution in [0.15, 0.2) is 78.9 Å².